The summed E-state index contributed by atoms with van der Waals surface area (Å²) in [4.78, 5) is 42.2. The standard InChI is InChI=1S/C27H35N3O5/c1-5-34-27(33)21-9-7-10-29(16-21)25(31)20-8-6-11-30(15-20)26(32)22-14-23(35-28-22)24-18(3)12-17(2)13-19(24)4/h12-14,20-21H,5-11,15-16H2,1-4H3. The highest BCUT2D eigenvalue weighted by Crippen LogP contribution is 2.30. The Morgan fingerprint density at radius 3 is 2.29 bits per heavy atom. The van der Waals surface area contributed by atoms with Crippen molar-refractivity contribution >= 4 is 17.8 Å². The van der Waals surface area contributed by atoms with Gasteiger partial charge in [-0.05, 0) is 64.5 Å². The normalized spacial score (nSPS) is 20.6. The fourth-order valence-corrected chi connectivity index (χ4v) is 5.48. The fraction of sp³-hybridized carbons (Fsp3) is 0.556. The SMILES string of the molecule is CCOC(=O)C1CCCN(C(=O)C2CCCN(C(=O)c3cc(-c4c(C)cc(C)cc4C)on3)C2)C1. The maximum Gasteiger partial charge on any atom is 0.310 e. The molecule has 35 heavy (non-hydrogen) atoms. The van der Waals surface area contributed by atoms with Crippen LogP contribution in [0, 0.1) is 32.6 Å². The van der Waals surface area contributed by atoms with Crippen LogP contribution < -0.4 is 0 Å². The molecule has 1 aromatic carbocycles. The number of aryl methyl sites for hydroxylation is 3. The number of hydrogen-bond donors (Lipinski definition) is 0. The van der Waals surface area contributed by atoms with E-state index in [1.165, 1.54) is 5.56 Å². The van der Waals surface area contributed by atoms with Gasteiger partial charge in [-0.2, -0.15) is 0 Å². The van der Waals surface area contributed by atoms with Gasteiger partial charge in [0.15, 0.2) is 11.5 Å². The highest BCUT2D eigenvalue weighted by atomic mass is 16.5. The number of aromatic nitrogens is 1. The van der Waals surface area contributed by atoms with Crippen molar-refractivity contribution in [2.75, 3.05) is 32.8 Å². The Kier molecular flexibility index (Phi) is 7.57. The molecule has 8 nitrogen and oxygen atoms in total. The topological polar surface area (TPSA) is 93.0 Å². The average molecular weight is 482 g/mol. The Morgan fingerprint density at radius 2 is 1.60 bits per heavy atom. The average Bonchev–Trinajstić information content (AvgIpc) is 3.32. The molecule has 4 rings (SSSR count). The van der Waals surface area contributed by atoms with Crippen LogP contribution >= 0.6 is 0 Å². The van der Waals surface area contributed by atoms with Crippen molar-refractivity contribution < 1.29 is 23.6 Å². The number of nitrogens with zero attached hydrogens (tertiary/aromatic N) is 3. The van der Waals surface area contributed by atoms with Crippen molar-refractivity contribution in [3.63, 3.8) is 0 Å². The third kappa shape index (κ3) is 5.41. The van der Waals surface area contributed by atoms with E-state index in [1.54, 1.807) is 22.8 Å². The van der Waals surface area contributed by atoms with Crippen molar-refractivity contribution in [2.45, 2.75) is 53.4 Å². The number of rotatable bonds is 5. The largest absolute Gasteiger partial charge is 0.466 e. The molecule has 2 aromatic rings. The summed E-state index contributed by atoms with van der Waals surface area (Å²) in [7, 11) is 0. The Labute approximate surface area is 206 Å². The van der Waals surface area contributed by atoms with E-state index < -0.39 is 0 Å². The lowest BCUT2D eigenvalue weighted by molar-refractivity contribution is -0.152. The van der Waals surface area contributed by atoms with Crippen molar-refractivity contribution in [1.82, 2.24) is 15.0 Å². The number of amides is 2. The van der Waals surface area contributed by atoms with Gasteiger partial charge in [0.25, 0.3) is 5.91 Å². The summed E-state index contributed by atoms with van der Waals surface area (Å²) >= 11 is 0. The molecule has 2 aliphatic heterocycles. The van der Waals surface area contributed by atoms with Crippen LogP contribution in [0.3, 0.4) is 0 Å². The number of esters is 1. The summed E-state index contributed by atoms with van der Waals surface area (Å²) in [5.74, 6) is -0.401. The van der Waals surface area contributed by atoms with E-state index in [1.807, 2.05) is 20.8 Å². The van der Waals surface area contributed by atoms with E-state index in [4.69, 9.17) is 9.26 Å². The van der Waals surface area contributed by atoms with E-state index in [0.717, 1.165) is 42.4 Å². The van der Waals surface area contributed by atoms with Gasteiger partial charge in [-0.3, -0.25) is 14.4 Å². The molecule has 2 atom stereocenters. The second-order valence-corrected chi connectivity index (χ2v) is 9.82. The van der Waals surface area contributed by atoms with Gasteiger partial charge in [-0.1, -0.05) is 22.9 Å². The van der Waals surface area contributed by atoms with Crippen LogP contribution in [-0.2, 0) is 14.3 Å². The molecular weight excluding hydrogens is 446 g/mol. The molecule has 1 aromatic heterocycles. The lowest BCUT2D eigenvalue weighted by atomic mass is 9.93. The maximum absolute atomic E-state index is 13.3. The van der Waals surface area contributed by atoms with Gasteiger partial charge in [0, 0.05) is 37.8 Å². The molecule has 0 N–H and O–H groups in total. The van der Waals surface area contributed by atoms with Crippen molar-refractivity contribution in [3.05, 3.63) is 40.6 Å². The summed E-state index contributed by atoms with van der Waals surface area (Å²) in [6, 6.07) is 5.87. The lowest BCUT2D eigenvalue weighted by Crippen LogP contribution is -2.50. The van der Waals surface area contributed by atoms with E-state index in [0.29, 0.717) is 38.5 Å². The highest BCUT2D eigenvalue weighted by molar-refractivity contribution is 5.94. The smallest absolute Gasteiger partial charge is 0.310 e. The van der Waals surface area contributed by atoms with Gasteiger partial charge in [-0.25, -0.2) is 0 Å². The number of carbonyl (C=O) groups is 3. The first kappa shape index (κ1) is 24.9. The lowest BCUT2D eigenvalue weighted by Gasteiger charge is -2.37. The monoisotopic (exact) mass is 481 g/mol. The number of carbonyl (C=O) groups excluding carboxylic acids is 3. The van der Waals surface area contributed by atoms with Crippen LogP contribution in [-0.4, -0.2) is 65.5 Å². The van der Waals surface area contributed by atoms with Crippen LogP contribution in [0.4, 0.5) is 0 Å². The third-order valence-electron chi connectivity index (χ3n) is 7.06. The van der Waals surface area contributed by atoms with Crippen LogP contribution in [0.2, 0.25) is 0 Å². The molecule has 2 unspecified atom stereocenters. The number of ether oxygens (including phenoxy) is 1. The first-order valence-corrected chi connectivity index (χ1v) is 12.6. The predicted octanol–water partition coefficient (Wildman–Crippen LogP) is 3.92. The van der Waals surface area contributed by atoms with E-state index in [9.17, 15) is 14.4 Å². The van der Waals surface area contributed by atoms with Crippen LogP contribution in [0.5, 0.6) is 0 Å². The summed E-state index contributed by atoms with van der Waals surface area (Å²) in [5.41, 5.74) is 4.53. The summed E-state index contributed by atoms with van der Waals surface area (Å²) in [6.45, 7) is 10.2. The van der Waals surface area contributed by atoms with E-state index in [-0.39, 0.29) is 35.3 Å². The molecule has 0 saturated carbocycles. The first-order chi connectivity index (χ1) is 16.8. The molecule has 3 heterocycles. The zero-order chi connectivity index (χ0) is 25.1. The molecular formula is C27H35N3O5. The van der Waals surface area contributed by atoms with Crippen molar-refractivity contribution in [2.24, 2.45) is 11.8 Å². The molecule has 0 aliphatic carbocycles. The van der Waals surface area contributed by atoms with Gasteiger partial charge < -0.3 is 19.1 Å². The fourth-order valence-electron chi connectivity index (χ4n) is 5.48. The zero-order valence-electron chi connectivity index (χ0n) is 21.1. The van der Waals surface area contributed by atoms with Crippen molar-refractivity contribution in [1.29, 1.82) is 0 Å². The number of likely N-dealkylation sites (tertiary alicyclic amines) is 2. The molecule has 0 radical (unpaired) electrons. The highest BCUT2D eigenvalue weighted by Gasteiger charge is 2.36. The molecule has 188 valence electrons. The quantitative estimate of drug-likeness (QED) is 0.601. The van der Waals surface area contributed by atoms with Gasteiger partial charge in [0.1, 0.15) is 0 Å². The second kappa shape index (κ2) is 10.6. The van der Waals surface area contributed by atoms with Crippen LogP contribution in [0.25, 0.3) is 11.3 Å². The molecule has 2 fully saturated rings. The molecule has 8 heteroatoms. The minimum absolute atomic E-state index is 0.0169. The van der Waals surface area contributed by atoms with Gasteiger partial charge in [0.05, 0.1) is 18.4 Å². The molecule has 0 bridgehead atoms. The molecule has 2 aliphatic rings. The van der Waals surface area contributed by atoms with Gasteiger partial charge in [-0.15, -0.1) is 0 Å². The van der Waals surface area contributed by atoms with Crippen LogP contribution in [0.1, 0.15) is 59.8 Å². The predicted molar refractivity (Wildman–Crippen MR) is 131 cm³/mol. The molecule has 2 amide bonds. The number of piperidine rings is 2. The minimum Gasteiger partial charge on any atom is -0.466 e. The maximum atomic E-state index is 13.3. The Hall–Kier alpha value is -3.16. The van der Waals surface area contributed by atoms with Gasteiger partial charge >= 0.3 is 5.97 Å². The summed E-state index contributed by atoms with van der Waals surface area (Å²) < 4.78 is 10.7. The van der Waals surface area contributed by atoms with Crippen LogP contribution in [0.15, 0.2) is 22.7 Å². The molecule has 2 saturated heterocycles. The molecule has 0 spiro atoms. The van der Waals surface area contributed by atoms with Crippen molar-refractivity contribution in [3.8, 4) is 11.3 Å². The first-order valence-electron chi connectivity index (χ1n) is 12.6. The number of hydrogen-bond acceptors (Lipinski definition) is 6. The Balaban J connectivity index is 1.43. The minimum atomic E-state index is -0.276. The Morgan fingerprint density at radius 1 is 0.971 bits per heavy atom. The Bertz CT molecular complexity index is 1080. The summed E-state index contributed by atoms with van der Waals surface area (Å²) in [5, 5.41) is 4.07. The van der Waals surface area contributed by atoms with E-state index >= 15 is 0 Å². The zero-order valence-corrected chi connectivity index (χ0v) is 21.1. The second-order valence-electron chi connectivity index (χ2n) is 9.82. The van der Waals surface area contributed by atoms with Gasteiger partial charge in [0.2, 0.25) is 5.91 Å². The number of benzene rings is 1. The third-order valence-corrected chi connectivity index (χ3v) is 7.06. The summed E-state index contributed by atoms with van der Waals surface area (Å²) in [6.07, 6.45) is 3.00. The van der Waals surface area contributed by atoms with E-state index in [2.05, 4.69) is 17.3 Å².